The molecular formula is C11H21N3O7. The number of carbonyl (C=O) groups excluding carboxylic acids is 1. The van der Waals surface area contributed by atoms with E-state index in [-0.39, 0.29) is 10.9 Å². The van der Waals surface area contributed by atoms with E-state index in [2.05, 4.69) is 19.6 Å². The number of hydrogen-bond donors (Lipinski definition) is 1. The Morgan fingerprint density at radius 2 is 2.00 bits per heavy atom. The van der Waals surface area contributed by atoms with Crippen LogP contribution in [-0.4, -0.2) is 53.7 Å². The highest BCUT2D eigenvalue weighted by atomic mass is 16.8. The minimum absolute atomic E-state index is 0.0118. The third-order valence-corrected chi connectivity index (χ3v) is 2.80. The molecule has 0 fully saturated rings. The largest absolute Gasteiger partial charge is 0.569 e. The maximum absolute atomic E-state index is 11.7. The summed E-state index contributed by atoms with van der Waals surface area (Å²) < 4.78 is 8.76. The van der Waals surface area contributed by atoms with E-state index in [1.165, 1.54) is 14.0 Å². The summed E-state index contributed by atoms with van der Waals surface area (Å²) in [4.78, 5) is 26.6. The lowest BCUT2D eigenvalue weighted by atomic mass is 9.99. The molecule has 1 N–H and O–H groups in total. The lowest BCUT2D eigenvalue weighted by Crippen LogP contribution is -2.46. The van der Waals surface area contributed by atoms with E-state index in [1.807, 2.05) is 6.92 Å². The van der Waals surface area contributed by atoms with Gasteiger partial charge in [0, 0.05) is 6.92 Å². The molecule has 0 aromatic rings. The first-order chi connectivity index (χ1) is 9.74. The Balaban J connectivity index is 4.73. The van der Waals surface area contributed by atoms with Gasteiger partial charge >= 0.3 is 12.1 Å². The lowest BCUT2D eigenvalue weighted by Gasteiger charge is -2.24. The topological polar surface area (TPSA) is 124 Å². The van der Waals surface area contributed by atoms with Gasteiger partial charge in [-0.2, -0.15) is 0 Å². The number of methoxy groups -OCH3 is 1. The maximum atomic E-state index is 11.7. The van der Waals surface area contributed by atoms with Crippen LogP contribution in [0, 0.1) is 11.1 Å². The van der Waals surface area contributed by atoms with Gasteiger partial charge < -0.3 is 19.8 Å². The van der Waals surface area contributed by atoms with Gasteiger partial charge in [0.1, 0.15) is 0 Å². The molecule has 0 heterocycles. The number of carboxylic acid groups (broad SMARTS) is 1. The number of ether oxygens (including phenoxy) is 2. The van der Waals surface area contributed by atoms with Crippen LogP contribution in [0.5, 0.6) is 0 Å². The van der Waals surface area contributed by atoms with E-state index in [9.17, 15) is 14.8 Å². The van der Waals surface area contributed by atoms with Crippen LogP contribution in [0.3, 0.4) is 0 Å². The number of carboxylic acids is 1. The highest BCUT2D eigenvalue weighted by molar-refractivity contribution is 5.73. The number of hydrogen-bond acceptors (Lipinski definition) is 7. The van der Waals surface area contributed by atoms with Crippen molar-refractivity contribution in [3.05, 3.63) is 5.21 Å². The number of nitrogens with zero attached hydrogens (tertiary/aromatic N) is 3. The second-order valence-corrected chi connectivity index (χ2v) is 4.32. The molecule has 0 saturated heterocycles. The number of carbonyl (C=O) groups is 2. The number of aliphatic carboxylic acids is 1. The van der Waals surface area contributed by atoms with Crippen molar-refractivity contribution in [1.29, 1.82) is 0 Å². The first kappa shape index (κ1) is 18.7. The average molecular weight is 307 g/mol. The van der Waals surface area contributed by atoms with Crippen LogP contribution in [0.4, 0.5) is 4.79 Å². The Bertz CT molecular complexity index is 388. The number of rotatable bonds is 8. The predicted molar refractivity (Wildman–Crippen MR) is 68.7 cm³/mol. The summed E-state index contributed by atoms with van der Waals surface area (Å²) >= 11 is 0. The van der Waals surface area contributed by atoms with E-state index in [0.29, 0.717) is 6.42 Å². The predicted octanol–water partition coefficient (Wildman–Crippen LogP) is 1.36. The van der Waals surface area contributed by atoms with Gasteiger partial charge in [-0.1, -0.05) is 20.3 Å². The van der Waals surface area contributed by atoms with Crippen LogP contribution >= 0.6 is 0 Å². The third kappa shape index (κ3) is 6.15. The van der Waals surface area contributed by atoms with Crippen molar-refractivity contribution >= 4 is 12.1 Å². The van der Waals surface area contributed by atoms with E-state index < -0.39 is 24.5 Å². The molecule has 10 heteroatoms. The zero-order chi connectivity index (χ0) is 16.6. The highest BCUT2D eigenvalue weighted by Crippen LogP contribution is 2.14. The third-order valence-electron chi connectivity index (χ3n) is 2.80. The molecule has 0 aliphatic rings. The van der Waals surface area contributed by atoms with Crippen molar-refractivity contribution < 1.29 is 34.0 Å². The Kier molecular flexibility index (Phi) is 7.87. The monoisotopic (exact) mass is 307 g/mol. The number of hydrazine groups is 1. The molecule has 1 unspecified atom stereocenters. The molecule has 0 bridgehead atoms. The molecule has 0 rings (SSSR count). The average Bonchev–Trinajstić information content (AvgIpc) is 2.43. The van der Waals surface area contributed by atoms with Gasteiger partial charge in [-0.05, 0) is 5.92 Å². The van der Waals surface area contributed by atoms with Crippen LogP contribution in [0.25, 0.3) is 0 Å². The molecule has 0 aliphatic carbocycles. The van der Waals surface area contributed by atoms with Gasteiger partial charge in [-0.25, -0.2) is 9.59 Å². The van der Waals surface area contributed by atoms with E-state index in [0.717, 1.165) is 12.1 Å². The Morgan fingerprint density at radius 3 is 2.43 bits per heavy atom. The fourth-order valence-corrected chi connectivity index (χ4v) is 1.47. The van der Waals surface area contributed by atoms with Gasteiger partial charge in [-0.15, -0.1) is 5.01 Å². The Labute approximate surface area is 122 Å². The summed E-state index contributed by atoms with van der Waals surface area (Å²) in [5.41, 5.74) is 0. The van der Waals surface area contributed by atoms with Crippen molar-refractivity contribution in [2.24, 2.45) is 11.2 Å². The molecule has 122 valence electrons. The van der Waals surface area contributed by atoms with Crippen LogP contribution in [0.2, 0.25) is 0 Å². The molecule has 0 aromatic carbocycles. The molecule has 0 amide bonds. The number of likely N-dealkylation sites (N-methyl/N-ethyl adjacent to an activating group) is 1. The molecule has 3 atom stereocenters. The van der Waals surface area contributed by atoms with Crippen LogP contribution in [0.15, 0.2) is 5.28 Å². The van der Waals surface area contributed by atoms with Crippen molar-refractivity contribution in [3.8, 4) is 0 Å². The second-order valence-electron chi connectivity index (χ2n) is 4.32. The van der Waals surface area contributed by atoms with E-state index in [4.69, 9.17) is 5.11 Å². The molecule has 0 aromatic heterocycles. The summed E-state index contributed by atoms with van der Waals surface area (Å²) in [5.74, 6) is -1.43. The van der Waals surface area contributed by atoms with E-state index in [1.54, 1.807) is 6.92 Å². The van der Waals surface area contributed by atoms with Crippen LogP contribution < -0.4 is 0 Å². The van der Waals surface area contributed by atoms with Crippen molar-refractivity contribution in [3.63, 3.8) is 0 Å². The minimum atomic E-state index is -1.16. The van der Waals surface area contributed by atoms with Gasteiger partial charge in [0.15, 0.2) is 6.04 Å². The minimum Gasteiger partial charge on any atom is -0.569 e. The molecule has 0 aliphatic heterocycles. The van der Waals surface area contributed by atoms with Gasteiger partial charge in [0.05, 0.1) is 19.1 Å². The lowest BCUT2D eigenvalue weighted by molar-refractivity contribution is -0.713. The molecule has 21 heavy (non-hydrogen) atoms. The quantitative estimate of drug-likeness (QED) is 0.234. The van der Waals surface area contributed by atoms with Crippen molar-refractivity contribution in [2.45, 2.75) is 39.5 Å². The zero-order valence-corrected chi connectivity index (χ0v) is 12.7. The Hall–Kier alpha value is -2.26. The summed E-state index contributed by atoms with van der Waals surface area (Å²) in [6.45, 7) is 4.83. The van der Waals surface area contributed by atoms with Crippen molar-refractivity contribution in [2.75, 3.05) is 14.2 Å². The van der Waals surface area contributed by atoms with Gasteiger partial charge in [-0.3, -0.25) is 4.84 Å². The summed E-state index contributed by atoms with van der Waals surface area (Å²) in [7, 11) is 2.39. The maximum Gasteiger partial charge on any atom is 0.511 e. The molecular weight excluding hydrogens is 286 g/mol. The molecule has 10 nitrogen and oxygen atoms in total. The van der Waals surface area contributed by atoms with Crippen LogP contribution in [-0.2, 0) is 19.1 Å². The second kappa shape index (κ2) is 8.82. The van der Waals surface area contributed by atoms with Crippen LogP contribution in [0.1, 0.15) is 27.2 Å². The molecule has 0 radical (unpaired) electrons. The van der Waals surface area contributed by atoms with Crippen molar-refractivity contribution in [1.82, 2.24) is 5.01 Å². The Morgan fingerprint density at radius 1 is 1.43 bits per heavy atom. The standard InChI is InChI=1S/C11H21N3O7/c1-6-7(2)9(10(15)16)13(4)14(18)12-21-8(3)20-11(17)19-5/h7-9H,6H2,1-5H3,(H,15,16)/b14-12-/t7-,8?,9+/m1/s1. The zero-order valence-electron chi connectivity index (χ0n) is 12.7. The SMILES string of the molecule is CC[C@@H](C)[C@@H](C(=O)O)N(C)/[N+]([O-])=N/OC(C)OC(=O)OC. The molecule has 0 spiro atoms. The smallest absolute Gasteiger partial charge is 0.511 e. The van der Waals surface area contributed by atoms with E-state index >= 15 is 0 Å². The van der Waals surface area contributed by atoms with Gasteiger partial charge in [0.25, 0.3) is 6.29 Å². The first-order valence-electron chi connectivity index (χ1n) is 6.28. The fraction of sp³-hybridized carbons (Fsp3) is 0.818. The summed E-state index contributed by atoms with van der Waals surface area (Å²) in [6.07, 6.45) is -1.58. The fourth-order valence-electron chi connectivity index (χ4n) is 1.47. The first-order valence-corrected chi connectivity index (χ1v) is 6.28. The van der Waals surface area contributed by atoms with Gasteiger partial charge in [0.2, 0.25) is 5.28 Å². The highest BCUT2D eigenvalue weighted by Gasteiger charge is 2.33. The summed E-state index contributed by atoms with van der Waals surface area (Å²) in [5, 5.41) is 24.8. The molecule has 0 saturated carbocycles. The normalized spacial score (nSPS) is 15.6. The summed E-state index contributed by atoms with van der Waals surface area (Å²) in [6, 6.07) is -1.06.